The zero-order valence-electron chi connectivity index (χ0n) is 13.3. The third-order valence-corrected chi connectivity index (χ3v) is 4.72. The molecule has 3 rings (SSSR count). The molecule has 0 bridgehead atoms. The molecule has 1 aliphatic rings. The first-order valence-corrected chi connectivity index (χ1v) is 8.30. The van der Waals surface area contributed by atoms with Crippen LogP contribution in [0.2, 0.25) is 0 Å². The van der Waals surface area contributed by atoms with Gasteiger partial charge >= 0.3 is 0 Å². The minimum atomic E-state index is -0.0954. The standard InChI is InChI=1S/C15H22BrN5O/c1-15(2,22-3)11-19-6-8-20(9-7-19)13-4-5-21-14(18-13)12(16)10-17-21/h4-5,10H,6-9,11H2,1-3H3. The summed E-state index contributed by atoms with van der Waals surface area (Å²) < 4.78 is 8.23. The van der Waals surface area contributed by atoms with Gasteiger partial charge in [-0.3, -0.25) is 4.90 Å². The Bertz CT molecular complexity index is 648. The lowest BCUT2D eigenvalue weighted by Crippen LogP contribution is -2.51. The van der Waals surface area contributed by atoms with Gasteiger partial charge in [-0.15, -0.1) is 0 Å². The van der Waals surface area contributed by atoms with Gasteiger partial charge in [0.1, 0.15) is 5.82 Å². The minimum absolute atomic E-state index is 0.0954. The molecule has 22 heavy (non-hydrogen) atoms. The van der Waals surface area contributed by atoms with Crippen molar-refractivity contribution < 1.29 is 4.74 Å². The van der Waals surface area contributed by atoms with E-state index in [1.54, 1.807) is 17.8 Å². The first-order valence-electron chi connectivity index (χ1n) is 7.51. The molecule has 0 saturated carbocycles. The van der Waals surface area contributed by atoms with Crippen LogP contribution in [0.25, 0.3) is 5.65 Å². The molecule has 1 fully saturated rings. The fourth-order valence-electron chi connectivity index (χ4n) is 2.75. The molecule has 6 nitrogen and oxygen atoms in total. The second kappa shape index (κ2) is 6.14. The van der Waals surface area contributed by atoms with Gasteiger partial charge < -0.3 is 9.64 Å². The molecule has 2 aromatic heterocycles. The number of methoxy groups -OCH3 is 1. The second-order valence-electron chi connectivity index (χ2n) is 6.27. The van der Waals surface area contributed by atoms with Crippen LogP contribution in [0.5, 0.6) is 0 Å². The SMILES string of the molecule is COC(C)(C)CN1CCN(c2ccn3ncc(Br)c3n2)CC1. The fraction of sp³-hybridized carbons (Fsp3) is 0.600. The number of aromatic nitrogens is 3. The van der Waals surface area contributed by atoms with Crippen molar-refractivity contribution in [3.8, 4) is 0 Å². The van der Waals surface area contributed by atoms with E-state index in [0.717, 1.165) is 48.7 Å². The third-order valence-electron chi connectivity index (χ3n) is 4.16. The van der Waals surface area contributed by atoms with Crippen molar-refractivity contribution in [1.82, 2.24) is 19.5 Å². The number of hydrogen-bond acceptors (Lipinski definition) is 5. The average molecular weight is 368 g/mol. The molecule has 0 unspecified atom stereocenters. The van der Waals surface area contributed by atoms with E-state index in [-0.39, 0.29) is 5.60 Å². The van der Waals surface area contributed by atoms with Crippen LogP contribution < -0.4 is 4.90 Å². The van der Waals surface area contributed by atoms with Gasteiger partial charge in [0.25, 0.3) is 0 Å². The van der Waals surface area contributed by atoms with Crippen molar-refractivity contribution in [2.45, 2.75) is 19.4 Å². The van der Waals surface area contributed by atoms with E-state index in [4.69, 9.17) is 9.72 Å². The van der Waals surface area contributed by atoms with Crippen molar-refractivity contribution in [2.75, 3.05) is 44.7 Å². The molecule has 1 saturated heterocycles. The molecule has 120 valence electrons. The van der Waals surface area contributed by atoms with Crippen molar-refractivity contribution in [1.29, 1.82) is 0 Å². The Morgan fingerprint density at radius 3 is 2.68 bits per heavy atom. The maximum atomic E-state index is 5.52. The Morgan fingerprint density at radius 1 is 1.27 bits per heavy atom. The maximum absolute atomic E-state index is 5.52. The van der Waals surface area contributed by atoms with E-state index in [1.165, 1.54) is 0 Å². The maximum Gasteiger partial charge on any atom is 0.171 e. The summed E-state index contributed by atoms with van der Waals surface area (Å²) in [6.45, 7) is 9.24. The topological polar surface area (TPSA) is 45.9 Å². The highest BCUT2D eigenvalue weighted by Gasteiger charge is 2.25. The zero-order chi connectivity index (χ0) is 15.7. The Kier molecular flexibility index (Phi) is 4.38. The normalized spacial score (nSPS) is 17.4. The lowest BCUT2D eigenvalue weighted by atomic mass is 10.1. The molecule has 1 aliphatic heterocycles. The van der Waals surface area contributed by atoms with Crippen LogP contribution >= 0.6 is 15.9 Å². The molecule has 0 radical (unpaired) electrons. The molecule has 2 aromatic rings. The van der Waals surface area contributed by atoms with Crippen LogP contribution in [-0.2, 0) is 4.74 Å². The summed E-state index contributed by atoms with van der Waals surface area (Å²) in [4.78, 5) is 9.49. The Labute approximate surface area is 139 Å². The van der Waals surface area contributed by atoms with Gasteiger partial charge in [0.2, 0.25) is 0 Å². The minimum Gasteiger partial charge on any atom is -0.377 e. The number of hydrogen-bond donors (Lipinski definition) is 0. The highest BCUT2D eigenvalue weighted by molar-refractivity contribution is 9.10. The van der Waals surface area contributed by atoms with Gasteiger partial charge in [0.05, 0.1) is 16.3 Å². The number of rotatable bonds is 4. The van der Waals surface area contributed by atoms with E-state index in [2.05, 4.69) is 44.7 Å². The first kappa shape index (κ1) is 15.7. The molecule has 0 aliphatic carbocycles. The summed E-state index contributed by atoms with van der Waals surface area (Å²) in [6, 6.07) is 2.03. The van der Waals surface area contributed by atoms with E-state index >= 15 is 0 Å². The molecule has 0 aromatic carbocycles. The van der Waals surface area contributed by atoms with Gasteiger partial charge in [0, 0.05) is 46.0 Å². The molecule has 7 heteroatoms. The van der Waals surface area contributed by atoms with Crippen molar-refractivity contribution in [2.24, 2.45) is 0 Å². The quantitative estimate of drug-likeness (QED) is 0.827. The number of anilines is 1. The van der Waals surface area contributed by atoms with E-state index in [1.807, 2.05) is 12.3 Å². The van der Waals surface area contributed by atoms with Crippen LogP contribution in [-0.4, -0.2) is 64.9 Å². The van der Waals surface area contributed by atoms with Gasteiger partial charge in [-0.2, -0.15) is 5.10 Å². The molecule has 0 amide bonds. The monoisotopic (exact) mass is 367 g/mol. The number of piperazine rings is 1. The Hall–Kier alpha value is -1.18. The predicted octanol–water partition coefficient (Wildman–Crippen LogP) is 2.04. The third kappa shape index (κ3) is 3.26. The molecule has 0 spiro atoms. The van der Waals surface area contributed by atoms with Crippen molar-refractivity contribution in [3.63, 3.8) is 0 Å². The molecule has 0 N–H and O–H groups in total. The Balaban J connectivity index is 1.66. The van der Waals surface area contributed by atoms with Crippen LogP contribution in [0.4, 0.5) is 5.82 Å². The van der Waals surface area contributed by atoms with E-state index in [0.29, 0.717) is 0 Å². The number of halogens is 1. The highest BCUT2D eigenvalue weighted by Crippen LogP contribution is 2.20. The predicted molar refractivity (Wildman–Crippen MR) is 90.4 cm³/mol. The molecule has 3 heterocycles. The highest BCUT2D eigenvalue weighted by atomic mass is 79.9. The summed E-state index contributed by atoms with van der Waals surface area (Å²) in [5, 5.41) is 4.23. The average Bonchev–Trinajstić information content (AvgIpc) is 2.89. The first-order chi connectivity index (χ1) is 10.5. The summed E-state index contributed by atoms with van der Waals surface area (Å²) in [7, 11) is 1.78. The number of nitrogens with zero attached hydrogens (tertiary/aromatic N) is 5. The van der Waals surface area contributed by atoms with Gasteiger partial charge in [-0.25, -0.2) is 9.50 Å². The van der Waals surface area contributed by atoms with Crippen LogP contribution in [0.1, 0.15) is 13.8 Å². The Morgan fingerprint density at radius 2 is 2.00 bits per heavy atom. The zero-order valence-corrected chi connectivity index (χ0v) is 14.9. The van der Waals surface area contributed by atoms with Crippen LogP contribution in [0.3, 0.4) is 0 Å². The van der Waals surface area contributed by atoms with Crippen molar-refractivity contribution >= 4 is 27.4 Å². The van der Waals surface area contributed by atoms with Gasteiger partial charge in [-0.05, 0) is 35.8 Å². The van der Waals surface area contributed by atoms with Crippen molar-refractivity contribution in [3.05, 3.63) is 22.9 Å². The van der Waals surface area contributed by atoms with E-state index < -0.39 is 0 Å². The van der Waals surface area contributed by atoms with Gasteiger partial charge in [-0.1, -0.05) is 0 Å². The number of ether oxygens (including phenoxy) is 1. The van der Waals surface area contributed by atoms with Gasteiger partial charge in [0.15, 0.2) is 5.65 Å². The molecule has 0 atom stereocenters. The fourth-order valence-corrected chi connectivity index (χ4v) is 3.11. The second-order valence-corrected chi connectivity index (χ2v) is 7.13. The number of fused-ring (bicyclic) bond motifs is 1. The lowest BCUT2D eigenvalue weighted by Gasteiger charge is -2.38. The summed E-state index contributed by atoms with van der Waals surface area (Å²) in [6.07, 6.45) is 3.74. The lowest BCUT2D eigenvalue weighted by molar-refractivity contribution is -0.00856. The smallest absolute Gasteiger partial charge is 0.171 e. The summed E-state index contributed by atoms with van der Waals surface area (Å²) in [5.74, 6) is 1.01. The summed E-state index contributed by atoms with van der Waals surface area (Å²) in [5.41, 5.74) is 0.766. The van der Waals surface area contributed by atoms with Crippen LogP contribution in [0.15, 0.2) is 22.9 Å². The summed E-state index contributed by atoms with van der Waals surface area (Å²) >= 11 is 3.49. The largest absolute Gasteiger partial charge is 0.377 e. The van der Waals surface area contributed by atoms with E-state index in [9.17, 15) is 0 Å². The molecular weight excluding hydrogens is 346 g/mol. The van der Waals surface area contributed by atoms with Crippen LogP contribution in [0, 0.1) is 0 Å². The molecular formula is C15H22BrN5O.